The van der Waals surface area contributed by atoms with Crippen LogP contribution in [0.25, 0.3) is 0 Å². The molecule has 5 atom stereocenters. The third-order valence-electron chi connectivity index (χ3n) is 6.67. The van der Waals surface area contributed by atoms with E-state index < -0.39 is 5.97 Å². The Labute approximate surface area is 197 Å². The van der Waals surface area contributed by atoms with Crippen LogP contribution in [0.2, 0.25) is 0 Å². The van der Waals surface area contributed by atoms with Crippen LogP contribution >= 0.6 is 0 Å². The van der Waals surface area contributed by atoms with Crippen LogP contribution in [0.5, 0.6) is 5.75 Å². The SMILES string of the molecule is CCCCC[C@H](O)CC[C@H]1[C@H]2Cc3cccc(OCC(=O)O)c3C[C@H]2C[C@@H]1O.[H-].[Na+]. The van der Waals surface area contributed by atoms with Crippen molar-refractivity contribution >= 4 is 5.97 Å². The third-order valence-corrected chi connectivity index (χ3v) is 6.67. The first-order valence-corrected chi connectivity index (χ1v) is 10.8. The first-order chi connectivity index (χ1) is 13.5. The summed E-state index contributed by atoms with van der Waals surface area (Å²) in [5.74, 6) is 0.768. The number of carbonyl (C=O) groups is 1. The molecule has 1 aromatic carbocycles. The van der Waals surface area contributed by atoms with E-state index in [-0.39, 0.29) is 55.7 Å². The Morgan fingerprint density at radius 3 is 2.79 bits per heavy atom. The molecule has 0 unspecified atom stereocenters. The van der Waals surface area contributed by atoms with E-state index in [0.29, 0.717) is 17.6 Å². The number of hydrogen-bond acceptors (Lipinski definition) is 4. The molecule has 5 nitrogen and oxygen atoms in total. The van der Waals surface area contributed by atoms with Gasteiger partial charge >= 0.3 is 35.5 Å². The van der Waals surface area contributed by atoms with Gasteiger partial charge in [-0.15, -0.1) is 0 Å². The molecule has 2 aliphatic rings. The number of hydrogen-bond donors (Lipinski definition) is 3. The number of benzene rings is 1. The number of fused-ring (bicyclic) bond motifs is 2. The minimum atomic E-state index is -0.972. The van der Waals surface area contributed by atoms with Crippen LogP contribution < -0.4 is 34.3 Å². The van der Waals surface area contributed by atoms with Gasteiger partial charge < -0.3 is 21.5 Å². The van der Waals surface area contributed by atoms with Crippen molar-refractivity contribution in [2.24, 2.45) is 17.8 Å². The zero-order chi connectivity index (χ0) is 20.1. The van der Waals surface area contributed by atoms with Crippen LogP contribution in [0.15, 0.2) is 18.2 Å². The van der Waals surface area contributed by atoms with Gasteiger partial charge in [0.1, 0.15) is 5.75 Å². The smallest absolute Gasteiger partial charge is 1.00 e. The van der Waals surface area contributed by atoms with Gasteiger partial charge in [0.15, 0.2) is 6.61 Å². The van der Waals surface area contributed by atoms with Gasteiger partial charge in [-0.2, -0.15) is 0 Å². The zero-order valence-corrected chi connectivity index (χ0v) is 19.8. The summed E-state index contributed by atoms with van der Waals surface area (Å²) in [7, 11) is 0. The summed E-state index contributed by atoms with van der Waals surface area (Å²) in [5.41, 5.74) is 2.32. The quantitative estimate of drug-likeness (QED) is 0.388. The standard InChI is InChI=1S/C23H34O5.Na.H/c1-2-3-4-7-17(24)9-10-18-19-11-15-6-5-8-22(28-14-23(26)27)20(15)12-16(19)13-21(18)25;;/h5-6,8,16-19,21,24-25H,2-4,7,9-14H2,1H3,(H,26,27);;/q;+1;-1/t16-,17-,18-,19-,21-;;/m0../s1. The Morgan fingerprint density at radius 2 is 2.07 bits per heavy atom. The molecule has 0 amide bonds. The van der Waals surface area contributed by atoms with Crippen molar-refractivity contribution in [1.29, 1.82) is 0 Å². The summed E-state index contributed by atoms with van der Waals surface area (Å²) in [5, 5.41) is 29.8. The fourth-order valence-electron chi connectivity index (χ4n) is 5.24. The van der Waals surface area contributed by atoms with Gasteiger partial charge in [0.2, 0.25) is 0 Å². The van der Waals surface area contributed by atoms with Crippen LogP contribution in [0.3, 0.4) is 0 Å². The van der Waals surface area contributed by atoms with Gasteiger partial charge in [0.25, 0.3) is 0 Å². The molecule has 1 fully saturated rings. The molecule has 0 heterocycles. The van der Waals surface area contributed by atoms with E-state index in [2.05, 4.69) is 13.0 Å². The van der Waals surface area contributed by atoms with E-state index in [4.69, 9.17) is 9.84 Å². The largest absolute Gasteiger partial charge is 1.00 e. The fraction of sp³-hybridized carbons (Fsp3) is 0.696. The topological polar surface area (TPSA) is 87.0 Å². The van der Waals surface area contributed by atoms with Crippen molar-refractivity contribution in [3.63, 3.8) is 0 Å². The Hall–Kier alpha value is -0.590. The summed E-state index contributed by atoms with van der Waals surface area (Å²) >= 11 is 0. The van der Waals surface area contributed by atoms with Crippen molar-refractivity contribution in [3.05, 3.63) is 29.3 Å². The summed E-state index contributed by atoms with van der Waals surface area (Å²) < 4.78 is 5.50. The van der Waals surface area contributed by atoms with Crippen LogP contribution in [0, 0.1) is 17.8 Å². The fourth-order valence-corrected chi connectivity index (χ4v) is 5.24. The summed E-state index contributed by atoms with van der Waals surface area (Å²) in [6.45, 7) is 1.84. The normalized spacial score (nSPS) is 26.2. The maximum Gasteiger partial charge on any atom is 1.00 e. The predicted octanol–water partition coefficient (Wildman–Crippen LogP) is 0.700. The van der Waals surface area contributed by atoms with Crippen LogP contribution in [-0.4, -0.2) is 40.1 Å². The number of aliphatic hydroxyl groups is 2. The molecule has 0 radical (unpaired) electrons. The molecule has 1 saturated carbocycles. The van der Waals surface area contributed by atoms with Crippen LogP contribution in [0.4, 0.5) is 0 Å². The molecule has 2 aliphatic carbocycles. The number of aliphatic hydroxyl groups excluding tert-OH is 2. The van der Waals surface area contributed by atoms with Gasteiger partial charge in [0, 0.05) is 0 Å². The van der Waals surface area contributed by atoms with Crippen molar-refractivity contribution in [3.8, 4) is 5.75 Å². The number of ether oxygens (including phenoxy) is 1. The van der Waals surface area contributed by atoms with E-state index in [1.165, 1.54) is 5.56 Å². The van der Waals surface area contributed by atoms with Crippen molar-refractivity contribution < 1.29 is 55.8 Å². The molecule has 0 saturated heterocycles. The van der Waals surface area contributed by atoms with Crippen LogP contribution in [0.1, 0.15) is 64.4 Å². The molecule has 29 heavy (non-hydrogen) atoms. The minimum absolute atomic E-state index is 0. The Kier molecular flexibility index (Phi) is 9.96. The predicted molar refractivity (Wildman–Crippen MR) is 109 cm³/mol. The Bertz CT molecular complexity index is 671. The molecule has 0 aromatic heterocycles. The molecule has 158 valence electrons. The minimum Gasteiger partial charge on any atom is -1.00 e. The number of rotatable bonds is 10. The maximum absolute atomic E-state index is 10.8. The number of unbranched alkanes of at least 4 members (excludes halogenated alkanes) is 2. The molecule has 6 heteroatoms. The molecule has 3 N–H and O–H groups in total. The Balaban J connectivity index is 0.00000225. The van der Waals surface area contributed by atoms with Crippen LogP contribution in [-0.2, 0) is 17.6 Å². The van der Waals surface area contributed by atoms with Crippen molar-refractivity contribution in [1.82, 2.24) is 0 Å². The number of carboxylic acid groups (broad SMARTS) is 1. The van der Waals surface area contributed by atoms with Gasteiger partial charge in [-0.3, -0.25) is 0 Å². The summed E-state index contributed by atoms with van der Waals surface area (Å²) in [4.78, 5) is 10.8. The zero-order valence-electron chi connectivity index (χ0n) is 18.8. The second kappa shape index (κ2) is 11.7. The summed E-state index contributed by atoms with van der Waals surface area (Å²) in [6.07, 6.45) is 7.85. The van der Waals surface area contributed by atoms with Crippen molar-refractivity contribution in [2.45, 2.75) is 76.9 Å². The summed E-state index contributed by atoms with van der Waals surface area (Å²) in [6, 6.07) is 5.87. The van der Waals surface area contributed by atoms with Gasteiger partial charge in [-0.25, -0.2) is 4.79 Å². The van der Waals surface area contributed by atoms with E-state index in [9.17, 15) is 15.0 Å². The van der Waals surface area contributed by atoms with Gasteiger partial charge in [-0.1, -0.05) is 38.3 Å². The molecule has 3 rings (SSSR count). The van der Waals surface area contributed by atoms with E-state index in [1.54, 1.807) is 0 Å². The Morgan fingerprint density at radius 1 is 1.28 bits per heavy atom. The monoisotopic (exact) mass is 414 g/mol. The van der Waals surface area contributed by atoms with E-state index in [0.717, 1.165) is 63.4 Å². The molecule has 0 spiro atoms. The first kappa shape index (κ1) is 24.7. The second-order valence-corrected chi connectivity index (χ2v) is 8.60. The van der Waals surface area contributed by atoms with E-state index >= 15 is 0 Å². The van der Waals surface area contributed by atoms with E-state index in [1.807, 2.05) is 12.1 Å². The molecular formula is C23H35NaO5. The average Bonchev–Trinajstić information content (AvgIpc) is 2.97. The average molecular weight is 415 g/mol. The first-order valence-electron chi connectivity index (χ1n) is 10.8. The third kappa shape index (κ3) is 6.44. The molecule has 0 aliphatic heterocycles. The second-order valence-electron chi connectivity index (χ2n) is 8.60. The number of carboxylic acids is 1. The molecule has 1 aromatic rings. The number of aliphatic carboxylic acids is 1. The van der Waals surface area contributed by atoms with Gasteiger partial charge in [-0.05, 0) is 73.5 Å². The molecule has 0 bridgehead atoms. The molecular weight excluding hydrogens is 379 g/mol. The van der Waals surface area contributed by atoms with Gasteiger partial charge in [0.05, 0.1) is 12.2 Å². The maximum atomic E-state index is 10.8. The van der Waals surface area contributed by atoms with Crippen molar-refractivity contribution in [2.75, 3.05) is 6.61 Å².